The molecule has 2 aromatic rings. The zero-order chi connectivity index (χ0) is 22.5. The number of nitrogens with zero attached hydrogens (tertiary/aromatic N) is 1. The number of thiocarbonyl (C=S) groups is 1. The van der Waals surface area contributed by atoms with E-state index in [1.54, 1.807) is 7.11 Å². The van der Waals surface area contributed by atoms with Crippen molar-refractivity contribution in [1.82, 2.24) is 4.90 Å². The van der Waals surface area contributed by atoms with Crippen LogP contribution in [0.1, 0.15) is 25.0 Å². The second kappa shape index (κ2) is 10.6. The van der Waals surface area contributed by atoms with Crippen molar-refractivity contribution in [3.05, 3.63) is 51.1 Å². The number of aryl methyl sites for hydroxylation is 1. The number of methoxy groups -OCH3 is 1. The summed E-state index contributed by atoms with van der Waals surface area (Å²) >= 11 is 7.94. The van der Waals surface area contributed by atoms with Gasteiger partial charge >= 0.3 is 0 Å². The number of morpholine rings is 1. The molecule has 1 saturated heterocycles. The first-order chi connectivity index (χ1) is 14.8. The average Bonchev–Trinajstić information content (AvgIpc) is 2.72. The summed E-state index contributed by atoms with van der Waals surface area (Å²) in [5.74, 6) is 0.837. The van der Waals surface area contributed by atoms with E-state index in [2.05, 4.69) is 46.7 Å². The van der Waals surface area contributed by atoms with E-state index in [9.17, 15) is 4.79 Å². The molecule has 0 bridgehead atoms. The van der Waals surface area contributed by atoms with Gasteiger partial charge in [0.05, 0.1) is 22.9 Å². The first kappa shape index (κ1) is 23.7. The van der Waals surface area contributed by atoms with Crippen LogP contribution < -0.4 is 14.8 Å². The van der Waals surface area contributed by atoms with Gasteiger partial charge in [-0.15, -0.1) is 0 Å². The maximum absolute atomic E-state index is 12.4. The molecule has 1 heterocycles. The number of carbonyl (C=O) groups excluding carboxylic acids is 1. The molecule has 3 rings (SSSR count). The predicted octanol–water partition coefficient (Wildman–Crippen LogP) is 4.41. The quantitative estimate of drug-likeness (QED) is 0.422. The number of carbonyl (C=O) groups is 1. The van der Waals surface area contributed by atoms with Gasteiger partial charge in [-0.3, -0.25) is 4.79 Å². The molecule has 0 unspecified atom stereocenters. The fourth-order valence-electron chi connectivity index (χ4n) is 3.55. The molecule has 0 radical (unpaired) electrons. The summed E-state index contributed by atoms with van der Waals surface area (Å²) < 4.78 is 18.0. The molecule has 2 atom stereocenters. The summed E-state index contributed by atoms with van der Waals surface area (Å²) in [5, 5.41) is 2.87. The molecule has 1 aliphatic rings. The molecule has 0 aliphatic carbocycles. The van der Waals surface area contributed by atoms with E-state index in [0.717, 1.165) is 38.5 Å². The largest absolute Gasteiger partial charge is 0.493 e. The summed E-state index contributed by atoms with van der Waals surface area (Å²) in [6.45, 7) is 7.42. The summed E-state index contributed by atoms with van der Waals surface area (Å²) in [4.78, 5) is 15.3. The van der Waals surface area contributed by atoms with Crippen LogP contribution in [0.5, 0.6) is 11.5 Å². The molecular formula is C23H27IN2O4S. The first-order valence-corrected chi connectivity index (χ1v) is 11.6. The van der Waals surface area contributed by atoms with Gasteiger partial charge < -0.3 is 24.4 Å². The minimum absolute atomic E-state index is 0.122. The fourth-order valence-corrected chi connectivity index (χ4v) is 4.57. The lowest BCUT2D eigenvalue weighted by atomic mass is 10.1. The molecule has 166 valence electrons. The molecule has 2 aromatic carbocycles. The summed E-state index contributed by atoms with van der Waals surface area (Å²) in [7, 11) is 1.58. The maximum Gasteiger partial charge on any atom is 0.262 e. The van der Waals surface area contributed by atoms with Crippen LogP contribution in [0.15, 0.2) is 36.4 Å². The number of anilines is 1. The topological polar surface area (TPSA) is 60.0 Å². The van der Waals surface area contributed by atoms with Crippen LogP contribution in [0.25, 0.3) is 0 Å². The number of rotatable bonds is 6. The van der Waals surface area contributed by atoms with Crippen LogP contribution in [0.3, 0.4) is 0 Å². The number of halogens is 1. The highest BCUT2D eigenvalue weighted by atomic mass is 127. The van der Waals surface area contributed by atoms with Crippen LogP contribution in [-0.2, 0) is 9.53 Å². The number of amides is 1. The zero-order valence-electron chi connectivity index (χ0n) is 18.1. The second-order valence-corrected chi connectivity index (χ2v) is 9.16. The third-order valence-corrected chi connectivity index (χ3v) is 6.25. The van der Waals surface area contributed by atoms with Crippen molar-refractivity contribution in [3.8, 4) is 11.5 Å². The van der Waals surface area contributed by atoms with Gasteiger partial charge in [0.25, 0.3) is 5.91 Å². The number of para-hydroxylation sites is 1. The van der Waals surface area contributed by atoms with Crippen molar-refractivity contribution in [2.24, 2.45) is 0 Å². The Balaban J connectivity index is 1.71. The Morgan fingerprint density at radius 1 is 1.26 bits per heavy atom. The van der Waals surface area contributed by atoms with Crippen molar-refractivity contribution >= 4 is 51.4 Å². The summed E-state index contributed by atoms with van der Waals surface area (Å²) in [5.41, 5.74) is 2.65. The number of hydrogen-bond acceptors (Lipinski definition) is 5. The third-order valence-electron chi connectivity index (χ3n) is 4.95. The van der Waals surface area contributed by atoms with Crippen LogP contribution in [0.2, 0.25) is 0 Å². The van der Waals surface area contributed by atoms with Gasteiger partial charge in [0.1, 0.15) is 4.99 Å². The Kier molecular flexibility index (Phi) is 8.12. The Bertz CT molecular complexity index is 959. The number of nitrogens with one attached hydrogen (secondary N) is 1. The molecule has 8 heteroatoms. The van der Waals surface area contributed by atoms with Crippen molar-refractivity contribution in [3.63, 3.8) is 0 Å². The lowest BCUT2D eigenvalue weighted by Crippen LogP contribution is -2.47. The summed E-state index contributed by atoms with van der Waals surface area (Å²) in [6, 6.07) is 11.4. The standard InChI is InChI=1S/C23H27IN2O4S/c1-14-7-5-6-8-19(14)25-21(27)13-29-22-18(24)9-17(10-20(22)28-4)23(31)26-11-15(2)30-16(3)12-26/h5-10,15-16H,11-13H2,1-4H3,(H,25,27)/t15-,16+. The highest BCUT2D eigenvalue weighted by Gasteiger charge is 2.25. The molecule has 0 saturated carbocycles. The highest BCUT2D eigenvalue weighted by molar-refractivity contribution is 14.1. The second-order valence-electron chi connectivity index (χ2n) is 7.61. The fraction of sp³-hybridized carbons (Fsp3) is 0.391. The SMILES string of the molecule is COc1cc(C(=S)N2C[C@@H](C)O[C@@H](C)C2)cc(I)c1OCC(=O)Nc1ccccc1C. The number of benzene rings is 2. The molecule has 0 spiro atoms. The molecule has 6 nitrogen and oxygen atoms in total. The number of ether oxygens (including phenoxy) is 3. The van der Waals surface area contributed by atoms with Gasteiger partial charge in [-0.1, -0.05) is 30.4 Å². The normalized spacial score (nSPS) is 18.4. The van der Waals surface area contributed by atoms with Gasteiger partial charge in [-0.2, -0.15) is 0 Å². The van der Waals surface area contributed by atoms with E-state index in [4.69, 9.17) is 26.4 Å². The Labute approximate surface area is 202 Å². The smallest absolute Gasteiger partial charge is 0.262 e. The molecule has 1 amide bonds. The van der Waals surface area contributed by atoms with Gasteiger partial charge in [-0.05, 0) is 67.1 Å². The van der Waals surface area contributed by atoms with Crippen LogP contribution in [0.4, 0.5) is 5.69 Å². The van der Waals surface area contributed by atoms with Crippen LogP contribution >= 0.6 is 34.8 Å². The van der Waals surface area contributed by atoms with E-state index in [-0.39, 0.29) is 24.7 Å². The predicted molar refractivity (Wildman–Crippen MR) is 134 cm³/mol. The average molecular weight is 554 g/mol. The minimum atomic E-state index is -0.233. The van der Waals surface area contributed by atoms with Gasteiger partial charge in [-0.25, -0.2) is 0 Å². The van der Waals surface area contributed by atoms with Crippen molar-refractivity contribution < 1.29 is 19.0 Å². The van der Waals surface area contributed by atoms with Gasteiger partial charge in [0, 0.05) is 24.3 Å². The molecule has 1 N–H and O–H groups in total. The molecule has 0 aromatic heterocycles. The Hall–Kier alpha value is -1.91. The van der Waals surface area contributed by atoms with E-state index in [1.165, 1.54) is 0 Å². The third kappa shape index (κ3) is 6.08. The van der Waals surface area contributed by atoms with Crippen LogP contribution in [-0.4, -0.2) is 54.8 Å². The maximum atomic E-state index is 12.4. The van der Waals surface area contributed by atoms with Crippen molar-refractivity contribution in [1.29, 1.82) is 0 Å². The van der Waals surface area contributed by atoms with Crippen LogP contribution in [0, 0.1) is 10.5 Å². The van der Waals surface area contributed by atoms with Gasteiger partial charge in [0.2, 0.25) is 0 Å². The molecular weight excluding hydrogens is 527 g/mol. The summed E-state index contributed by atoms with van der Waals surface area (Å²) in [6.07, 6.45) is 0.245. The van der Waals surface area contributed by atoms with Crippen molar-refractivity contribution in [2.75, 3.05) is 32.1 Å². The minimum Gasteiger partial charge on any atom is -0.493 e. The van der Waals surface area contributed by atoms with Crippen molar-refractivity contribution in [2.45, 2.75) is 33.0 Å². The monoisotopic (exact) mass is 554 g/mol. The Morgan fingerprint density at radius 2 is 1.94 bits per heavy atom. The number of hydrogen-bond donors (Lipinski definition) is 1. The van der Waals surface area contributed by atoms with E-state index < -0.39 is 0 Å². The lowest BCUT2D eigenvalue weighted by molar-refractivity contribution is -0.118. The van der Waals surface area contributed by atoms with E-state index in [0.29, 0.717) is 11.5 Å². The zero-order valence-corrected chi connectivity index (χ0v) is 21.1. The van der Waals surface area contributed by atoms with E-state index >= 15 is 0 Å². The molecule has 1 aliphatic heterocycles. The molecule has 1 fully saturated rings. The van der Waals surface area contributed by atoms with E-state index in [1.807, 2.05) is 43.3 Å². The molecule has 31 heavy (non-hydrogen) atoms. The van der Waals surface area contributed by atoms with Gasteiger partial charge in [0.15, 0.2) is 18.1 Å². The Morgan fingerprint density at radius 3 is 2.58 bits per heavy atom. The first-order valence-electron chi connectivity index (χ1n) is 10.1. The lowest BCUT2D eigenvalue weighted by Gasteiger charge is -2.37. The highest BCUT2D eigenvalue weighted by Crippen LogP contribution is 2.35.